The summed E-state index contributed by atoms with van der Waals surface area (Å²) in [6, 6.07) is 20.6. The maximum absolute atomic E-state index is 11.9. The first-order valence-corrected chi connectivity index (χ1v) is 9.43. The molecule has 3 rings (SSSR count). The number of hydrogen-bond acceptors (Lipinski definition) is 4. The average Bonchev–Trinajstić information content (AvgIpc) is 2.71. The van der Waals surface area contributed by atoms with Crippen LogP contribution in [0.5, 0.6) is 0 Å². The van der Waals surface area contributed by atoms with Gasteiger partial charge in [-0.3, -0.25) is 4.79 Å². The van der Waals surface area contributed by atoms with Crippen LogP contribution in [0.15, 0.2) is 54.6 Å². The van der Waals surface area contributed by atoms with Crippen molar-refractivity contribution in [1.29, 1.82) is 5.26 Å². The monoisotopic (exact) mass is 372 g/mol. The van der Waals surface area contributed by atoms with Crippen LogP contribution in [-0.2, 0) is 16.0 Å². The minimum atomic E-state index is -0.240. The van der Waals surface area contributed by atoms with E-state index in [0.717, 1.165) is 33.2 Å². The molecule has 0 fully saturated rings. The Morgan fingerprint density at radius 2 is 1.82 bits per heavy atom. The zero-order valence-electron chi connectivity index (χ0n) is 16.5. The molecule has 0 spiro atoms. The summed E-state index contributed by atoms with van der Waals surface area (Å²) in [4.78, 5) is 13.9. The predicted molar refractivity (Wildman–Crippen MR) is 113 cm³/mol. The molecule has 0 heterocycles. The summed E-state index contributed by atoms with van der Waals surface area (Å²) in [5, 5.41) is 12.0. The number of anilines is 1. The Bertz CT molecular complexity index is 1030. The van der Waals surface area contributed by atoms with E-state index in [1.807, 2.05) is 67.5 Å². The Kier molecular flexibility index (Phi) is 5.96. The van der Waals surface area contributed by atoms with Gasteiger partial charge in [-0.25, -0.2) is 0 Å². The normalized spacial score (nSPS) is 10.5. The minimum absolute atomic E-state index is 0.240. The number of ether oxygens (including phenoxy) is 1. The van der Waals surface area contributed by atoms with E-state index < -0.39 is 0 Å². The summed E-state index contributed by atoms with van der Waals surface area (Å²) in [7, 11) is 4.00. The van der Waals surface area contributed by atoms with Crippen LogP contribution in [0, 0.1) is 11.3 Å². The van der Waals surface area contributed by atoms with Gasteiger partial charge in [-0.15, -0.1) is 0 Å². The molecule has 0 aliphatic heterocycles. The van der Waals surface area contributed by atoms with Crippen LogP contribution in [0.1, 0.15) is 24.5 Å². The van der Waals surface area contributed by atoms with Crippen molar-refractivity contribution in [2.24, 2.45) is 0 Å². The minimum Gasteiger partial charge on any atom is -0.466 e. The third-order valence-electron chi connectivity index (χ3n) is 4.85. The zero-order chi connectivity index (χ0) is 20.1. The Morgan fingerprint density at radius 3 is 2.46 bits per heavy atom. The molecule has 0 atom stereocenters. The van der Waals surface area contributed by atoms with Crippen molar-refractivity contribution in [3.05, 3.63) is 65.7 Å². The van der Waals surface area contributed by atoms with Crippen LogP contribution in [-0.4, -0.2) is 26.7 Å². The fourth-order valence-electron chi connectivity index (χ4n) is 3.44. The second-order valence-electron chi connectivity index (χ2n) is 6.86. The van der Waals surface area contributed by atoms with Crippen LogP contribution in [0.4, 0.5) is 5.69 Å². The first kappa shape index (κ1) is 19.4. The number of benzene rings is 3. The van der Waals surface area contributed by atoms with Gasteiger partial charge in [-0.2, -0.15) is 5.26 Å². The van der Waals surface area contributed by atoms with Gasteiger partial charge in [0.05, 0.1) is 12.2 Å². The van der Waals surface area contributed by atoms with Gasteiger partial charge in [0.15, 0.2) is 0 Å². The average molecular weight is 372 g/mol. The van der Waals surface area contributed by atoms with Crippen LogP contribution < -0.4 is 4.90 Å². The third kappa shape index (κ3) is 3.99. The summed E-state index contributed by atoms with van der Waals surface area (Å²) in [5.41, 5.74) is 4.52. The first-order valence-electron chi connectivity index (χ1n) is 9.43. The van der Waals surface area contributed by atoms with Crippen molar-refractivity contribution < 1.29 is 9.53 Å². The van der Waals surface area contributed by atoms with Gasteiger partial charge < -0.3 is 9.64 Å². The van der Waals surface area contributed by atoms with E-state index in [-0.39, 0.29) is 12.4 Å². The van der Waals surface area contributed by atoms with Crippen molar-refractivity contribution in [1.82, 2.24) is 0 Å². The largest absolute Gasteiger partial charge is 0.466 e. The van der Waals surface area contributed by atoms with Gasteiger partial charge in [0.25, 0.3) is 0 Å². The molecule has 3 aromatic rings. The van der Waals surface area contributed by atoms with E-state index in [0.29, 0.717) is 18.6 Å². The molecule has 0 unspecified atom stereocenters. The maximum atomic E-state index is 11.9. The molecule has 3 aromatic carbocycles. The van der Waals surface area contributed by atoms with E-state index >= 15 is 0 Å². The Labute approximate surface area is 166 Å². The van der Waals surface area contributed by atoms with Gasteiger partial charge in [-0.05, 0) is 53.4 Å². The standard InChI is InChI=1S/C24H24N2O2/c1-4-28-24(27)14-13-21-20-8-6-5-7-18(20)15-22(23(21)16-25)17-9-11-19(12-10-17)26(2)3/h5-12,15H,4,13-14H2,1-3H3. The Balaban J connectivity index is 2.12. The molecule has 0 N–H and O–H groups in total. The van der Waals surface area contributed by atoms with Crippen molar-refractivity contribution in [3.8, 4) is 17.2 Å². The number of carbonyl (C=O) groups excluding carboxylic acids is 1. The van der Waals surface area contributed by atoms with Crippen LogP contribution in [0.25, 0.3) is 21.9 Å². The van der Waals surface area contributed by atoms with Crippen molar-refractivity contribution in [2.45, 2.75) is 19.8 Å². The molecule has 0 radical (unpaired) electrons. The zero-order valence-corrected chi connectivity index (χ0v) is 16.5. The van der Waals surface area contributed by atoms with E-state index in [9.17, 15) is 10.1 Å². The topological polar surface area (TPSA) is 53.3 Å². The number of fused-ring (bicyclic) bond motifs is 1. The van der Waals surface area contributed by atoms with Crippen molar-refractivity contribution in [3.63, 3.8) is 0 Å². The fraction of sp³-hybridized carbons (Fsp3) is 0.250. The van der Waals surface area contributed by atoms with Gasteiger partial charge in [-0.1, -0.05) is 36.4 Å². The van der Waals surface area contributed by atoms with Crippen LogP contribution >= 0.6 is 0 Å². The molecule has 0 aliphatic carbocycles. The molecular formula is C24H24N2O2. The molecule has 0 aromatic heterocycles. The van der Waals surface area contributed by atoms with Gasteiger partial charge in [0, 0.05) is 31.8 Å². The summed E-state index contributed by atoms with van der Waals surface area (Å²) >= 11 is 0. The molecule has 0 saturated carbocycles. The lowest BCUT2D eigenvalue weighted by molar-refractivity contribution is -0.143. The quantitative estimate of drug-likeness (QED) is 0.575. The number of rotatable bonds is 6. The molecule has 28 heavy (non-hydrogen) atoms. The molecule has 0 saturated heterocycles. The molecule has 4 nitrogen and oxygen atoms in total. The van der Waals surface area contributed by atoms with Crippen molar-refractivity contribution in [2.75, 3.05) is 25.6 Å². The van der Waals surface area contributed by atoms with E-state index in [1.54, 1.807) is 6.92 Å². The smallest absolute Gasteiger partial charge is 0.306 e. The molecule has 142 valence electrons. The highest BCUT2D eigenvalue weighted by molar-refractivity contribution is 5.94. The molecule has 0 amide bonds. The van der Waals surface area contributed by atoms with Crippen LogP contribution in [0.3, 0.4) is 0 Å². The summed E-state index contributed by atoms with van der Waals surface area (Å²) in [6.45, 7) is 2.16. The summed E-state index contributed by atoms with van der Waals surface area (Å²) < 4.78 is 5.07. The van der Waals surface area contributed by atoms with E-state index in [4.69, 9.17) is 4.74 Å². The number of carbonyl (C=O) groups is 1. The Morgan fingerprint density at radius 1 is 1.11 bits per heavy atom. The Hall–Kier alpha value is -3.32. The number of nitrogens with zero attached hydrogens (tertiary/aromatic N) is 2. The number of hydrogen-bond donors (Lipinski definition) is 0. The first-order chi connectivity index (χ1) is 13.5. The van der Waals surface area contributed by atoms with E-state index in [2.05, 4.69) is 12.1 Å². The fourth-order valence-corrected chi connectivity index (χ4v) is 3.44. The van der Waals surface area contributed by atoms with Gasteiger partial charge >= 0.3 is 5.97 Å². The van der Waals surface area contributed by atoms with E-state index in [1.165, 1.54) is 0 Å². The summed E-state index contributed by atoms with van der Waals surface area (Å²) in [5.74, 6) is -0.240. The molecular weight excluding hydrogens is 348 g/mol. The predicted octanol–water partition coefficient (Wildman–Crippen LogP) is 4.94. The highest BCUT2D eigenvalue weighted by Crippen LogP contribution is 2.34. The SMILES string of the molecule is CCOC(=O)CCc1c(C#N)c(-c2ccc(N(C)C)cc2)cc2ccccc12. The van der Waals surface area contributed by atoms with Crippen LogP contribution in [0.2, 0.25) is 0 Å². The molecule has 4 heteroatoms. The van der Waals surface area contributed by atoms with Crippen molar-refractivity contribution >= 4 is 22.4 Å². The lowest BCUT2D eigenvalue weighted by Crippen LogP contribution is -2.08. The second-order valence-corrected chi connectivity index (χ2v) is 6.86. The van der Waals surface area contributed by atoms with Gasteiger partial charge in [0.1, 0.15) is 6.07 Å². The second kappa shape index (κ2) is 8.58. The maximum Gasteiger partial charge on any atom is 0.306 e. The molecule has 0 aliphatic rings. The summed E-state index contributed by atoms with van der Waals surface area (Å²) in [6.07, 6.45) is 0.737. The highest BCUT2D eigenvalue weighted by atomic mass is 16.5. The lowest BCUT2D eigenvalue weighted by atomic mass is 9.89. The number of nitriles is 1. The van der Waals surface area contributed by atoms with Gasteiger partial charge in [0.2, 0.25) is 0 Å². The highest BCUT2D eigenvalue weighted by Gasteiger charge is 2.16. The number of esters is 1. The lowest BCUT2D eigenvalue weighted by Gasteiger charge is -2.16. The number of aryl methyl sites for hydroxylation is 1. The third-order valence-corrected chi connectivity index (χ3v) is 4.85. The molecule has 0 bridgehead atoms.